The molecule has 2 atom stereocenters. The number of benzene rings is 1. The summed E-state index contributed by atoms with van der Waals surface area (Å²) in [6, 6.07) is 13.7. The zero-order valence-electron chi connectivity index (χ0n) is 13.6. The molecule has 0 spiro atoms. The van der Waals surface area contributed by atoms with E-state index in [1.165, 1.54) is 0 Å². The lowest BCUT2D eigenvalue weighted by Gasteiger charge is -2.26. The molecule has 3 aromatic rings. The van der Waals surface area contributed by atoms with Crippen LogP contribution >= 0.6 is 24.0 Å². The van der Waals surface area contributed by atoms with Crippen LogP contribution in [-0.2, 0) is 0 Å². The van der Waals surface area contributed by atoms with Crippen molar-refractivity contribution in [3.8, 4) is 0 Å². The number of rotatable bonds is 5. The summed E-state index contributed by atoms with van der Waals surface area (Å²) >= 11 is 6.39. The number of fused-ring (bicyclic) bond motifs is 1. The highest BCUT2D eigenvalue weighted by Crippen LogP contribution is 2.31. The van der Waals surface area contributed by atoms with Gasteiger partial charge in [-0.05, 0) is 31.7 Å². The van der Waals surface area contributed by atoms with Gasteiger partial charge in [0.05, 0.1) is 17.7 Å². The van der Waals surface area contributed by atoms with Crippen LogP contribution in [0.2, 0.25) is 5.15 Å². The normalized spacial score (nSPS) is 13.5. The van der Waals surface area contributed by atoms with E-state index in [4.69, 9.17) is 11.6 Å². The Bertz CT molecular complexity index is 805. The summed E-state index contributed by atoms with van der Waals surface area (Å²) in [6.07, 6.45) is 1.38. The van der Waals surface area contributed by atoms with Crippen molar-refractivity contribution in [1.82, 2.24) is 14.9 Å². The number of aryl methyl sites for hydroxylation is 1. The van der Waals surface area contributed by atoms with Crippen LogP contribution in [-0.4, -0.2) is 34.4 Å². The number of nitrogens with zero attached hydrogens (tertiary/aromatic N) is 2. The topological polar surface area (TPSA) is 50.1 Å². The summed E-state index contributed by atoms with van der Waals surface area (Å²) in [5.41, 5.74) is 2.76. The molecule has 128 valence electrons. The molecule has 0 aliphatic heterocycles. The molecule has 0 saturated carbocycles. The summed E-state index contributed by atoms with van der Waals surface area (Å²) < 4.78 is 2.02. The van der Waals surface area contributed by atoms with E-state index in [0.29, 0.717) is 11.7 Å². The van der Waals surface area contributed by atoms with Crippen molar-refractivity contribution in [2.45, 2.75) is 19.1 Å². The Morgan fingerprint density at radius 2 is 1.96 bits per heavy atom. The van der Waals surface area contributed by atoms with Gasteiger partial charge in [-0.1, -0.05) is 41.9 Å². The van der Waals surface area contributed by atoms with Gasteiger partial charge in [0, 0.05) is 23.8 Å². The van der Waals surface area contributed by atoms with Crippen molar-refractivity contribution in [1.29, 1.82) is 0 Å². The molecule has 0 bridgehead atoms. The standard InChI is InChI=1S/C18H20ClN3O.ClH/c1-12-10-14-8-9-22(17(14)18(19)21-12)16(15(23)11-20-2)13-6-4-3-5-7-13;/h3-10,15-16,20,23H,11H2,1-2H3;1H/t15-,16+;/m1./s1. The first kappa shape index (κ1) is 18.7. The number of hydrogen-bond acceptors (Lipinski definition) is 3. The third kappa shape index (κ3) is 3.57. The second-order valence-electron chi connectivity index (χ2n) is 5.70. The van der Waals surface area contributed by atoms with Crippen LogP contribution in [0.4, 0.5) is 0 Å². The van der Waals surface area contributed by atoms with Gasteiger partial charge < -0.3 is 15.0 Å². The zero-order chi connectivity index (χ0) is 16.4. The Labute approximate surface area is 152 Å². The summed E-state index contributed by atoms with van der Waals surface area (Å²) in [7, 11) is 1.83. The smallest absolute Gasteiger partial charge is 0.153 e. The predicted molar refractivity (Wildman–Crippen MR) is 101 cm³/mol. The maximum atomic E-state index is 10.7. The zero-order valence-corrected chi connectivity index (χ0v) is 15.2. The maximum Gasteiger partial charge on any atom is 0.153 e. The monoisotopic (exact) mass is 365 g/mol. The SMILES string of the molecule is CNC[C@@H](O)[C@H](c1ccccc1)n1ccc2cc(C)nc(Cl)c21.Cl. The van der Waals surface area contributed by atoms with E-state index < -0.39 is 6.10 Å². The number of aliphatic hydroxyl groups is 1. The van der Waals surface area contributed by atoms with Gasteiger partial charge in [-0.15, -0.1) is 12.4 Å². The molecule has 0 saturated heterocycles. The first-order valence-corrected chi connectivity index (χ1v) is 8.01. The van der Waals surface area contributed by atoms with Gasteiger partial charge in [0.2, 0.25) is 0 Å². The molecule has 4 nitrogen and oxygen atoms in total. The molecule has 0 unspecified atom stereocenters. The van der Waals surface area contributed by atoms with Crippen LogP contribution in [0.3, 0.4) is 0 Å². The van der Waals surface area contributed by atoms with Crippen LogP contribution in [0.1, 0.15) is 17.3 Å². The van der Waals surface area contributed by atoms with Crippen LogP contribution in [0.15, 0.2) is 48.7 Å². The van der Waals surface area contributed by atoms with Gasteiger partial charge in [-0.3, -0.25) is 0 Å². The van der Waals surface area contributed by atoms with Crippen LogP contribution in [0, 0.1) is 6.92 Å². The number of halogens is 2. The first-order chi connectivity index (χ1) is 11.1. The van der Waals surface area contributed by atoms with E-state index >= 15 is 0 Å². The van der Waals surface area contributed by atoms with Crippen LogP contribution in [0.25, 0.3) is 10.9 Å². The van der Waals surface area contributed by atoms with E-state index in [9.17, 15) is 5.11 Å². The van der Waals surface area contributed by atoms with Crippen LogP contribution in [0.5, 0.6) is 0 Å². The molecule has 1 aromatic carbocycles. The van der Waals surface area contributed by atoms with E-state index in [1.807, 2.05) is 67.2 Å². The number of aliphatic hydroxyl groups excluding tert-OH is 1. The Hall–Kier alpha value is -1.59. The van der Waals surface area contributed by atoms with Gasteiger partial charge in [0.1, 0.15) is 0 Å². The highest BCUT2D eigenvalue weighted by molar-refractivity contribution is 6.33. The fraction of sp³-hybridized carbons (Fsp3) is 0.278. The van der Waals surface area contributed by atoms with E-state index in [0.717, 1.165) is 22.2 Å². The second kappa shape index (κ2) is 7.99. The summed E-state index contributed by atoms with van der Waals surface area (Å²) in [6.45, 7) is 2.41. The van der Waals surface area contributed by atoms with E-state index in [2.05, 4.69) is 10.3 Å². The fourth-order valence-corrected chi connectivity index (χ4v) is 3.38. The number of nitrogens with one attached hydrogen (secondary N) is 1. The number of pyridine rings is 1. The van der Waals surface area contributed by atoms with E-state index in [-0.39, 0.29) is 18.4 Å². The van der Waals surface area contributed by atoms with Crippen molar-refractivity contribution in [3.63, 3.8) is 0 Å². The maximum absolute atomic E-state index is 10.7. The molecule has 0 radical (unpaired) electrons. The molecule has 0 aliphatic rings. The Morgan fingerprint density at radius 3 is 2.62 bits per heavy atom. The molecule has 3 rings (SSSR count). The van der Waals surface area contributed by atoms with Crippen molar-refractivity contribution in [3.05, 3.63) is 65.1 Å². The third-order valence-corrected chi connectivity index (χ3v) is 4.26. The molecule has 2 aromatic heterocycles. The Balaban J connectivity index is 0.00000208. The lowest BCUT2D eigenvalue weighted by molar-refractivity contribution is 0.132. The summed E-state index contributed by atoms with van der Waals surface area (Å²) in [5, 5.41) is 15.2. The molecular formula is C18H21Cl2N3O. The number of aromatic nitrogens is 2. The first-order valence-electron chi connectivity index (χ1n) is 7.63. The highest BCUT2D eigenvalue weighted by atomic mass is 35.5. The highest BCUT2D eigenvalue weighted by Gasteiger charge is 2.24. The molecule has 0 fully saturated rings. The number of likely N-dealkylation sites (N-methyl/N-ethyl adjacent to an activating group) is 1. The lowest BCUT2D eigenvalue weighted by Crippen LogP contribution is -2.33. The number of hydrogen-bond donors (Lipinski definition) is 2. The average molecular weight is 366 g/mol. The third-order valence-electron chi connectivity index (χ3n) is 4.00. The van der Waals surface area contributed by atoms with Crippen molar-refractivity contribution < 1.29 is 5.11 Å². The van der Waals surface area contributed by atoms with Gasteiger partial charge in [-0.2, -0.15) is 0 Å². The van der Waals surface area contributed by atoms with Gasteiger partial charge >= 0.3 is 0 Å². The molecule has 2 heterocycles. The Kier molecular flexibility index (Phi) is 6.24. The summed E-state index contributed by atoms with van der Waals surface area (Å²) in [4.78, 5) is 4.36. The molecular weight excluding hydrogens is 345 g/mol. The van der Waals surface area contributed by atoms with Gasteiger partial charge in [-0.25, -0.2) is 4.98 Å². The fourth-order valence-electron chi connectivity index (χ4n) is 3.04. The van der Waals surface area contributed by atoms with Gasteiger partial charge in [0.25, 0.3) is 0 Å². The van der Waals surface area contributed by atoms with Crippen molar-refractivity contribution in [2.75, 3.05) is 13.6 Å². The minimum absolute atomic E-state index is 0. The minimum atomic E-state index is -0.588. The molecule has 2 N–H and O–H groups in total. The lowest BCUT2D eigenvalue weighted by atomic mass is 10.0. The largest absolute Gasteiger partial charge is 0.389 e. The molecule has 0 amide bonds. The molecule has 0 aliphatic carbocycles. The molecule has 24 heavy (non-hydrogen) atoms. The minimum Gasteiger partial charge on any atom is -0.389 e. The molecule has 6 heteroatoms. The Morgan fingerprint density at radius 1 is 1.25 bits per heavy atom. The quantitative estimate of drug-likeness (QED) is 0.679. The second-order valence-corrected chi connectivity index (χ2v) is 6.05. The average Bonchev–Trinajstić information content (AvgIpc) is 2.93. The van der Waals surface area contributed by atoms with E-state index in [1.54, 1.807) is 0 Å². The van der Waals surface area contributed by atoms with Gasteiger partial charge in [0.15, 0.2) is 5.15 Å². The predicted octanol–water partition coefficient (Wildman–Crippen LogP) is 3.59. The summed E-state index contributed by atoms with van der Waals surface area (Å²) in [5.74, 6) is 0. The van der Waals surface area contributed by atoms with Crippen molar-refractivity contribution in [2.24, 2.45) is 0 Å². The van der Waals surface area contributed by atoms with Crippen LogP contribution < -0.4 is 5.32 Å². The van der Waals surface area contributed by atoms with Crippen molar-refractivity contribution >= 4 is 34.9 Å².